The van der Waals surface area contributed by atoms with Crippen LogP contribution in [-0.4, -0.2) is 20.6 Å². The summed E-state index contributed by atoms with van der Waals surface area (Å²) in [5.41, 5.74) is 9.61. The topological polar surface area (TPSA) is 81.1 Å². The molecule has 0 aliphatic heterocycles. The highest BCUT2D eigenvalue weighted by molar-refractivity contribution is 5.87. The maximum absolute atomic E-state index is 11.0. The van der Waals surface area contributed by atoms with Crippen LogP contribution in [0.2, 0.25) is 0 Å². The number of para-hydroxylation sites is 2. The Morgan fingerprint density at radius 1 is 1.21 bits per heavy atom. The molecule has 0 spiro atoms. The molecule has 0 bridgehead atoms. The van der Waals surface area contributed by atoms with E-state index in [0.717, 1.165) is 35.3 Å². The Labute approximate surface area is 140 Å². The molecule has 0 aliphatic carbocycles. The van der Waals surface area contributed by atoms with Crippen molar-refractivity contribution < 1.29 is 9.90 Å². The first kappa shape index (κ1) is 16.2. The molecule has 0 aliphatic rings. The number of nitrogens with two attached hydrogens (primary N) is 1. The number of benzene rings is 2. The van der Waals surface area contributed by atoms with Crippen LogP contribution >= 0.6 is 0 Å². The van der Waals surface area contributed by atoms with E-state index in [4.69, 9.17) is 15.8 Å². The molecule has 0 amide bonds. The second-order valence-electron chi connectivity index (χ2n) is 5.94. The van der Waals surface area contributed by atoms with Crippen LogP contribution in [0.4, 0.5) is 0 Å². The number of carboxylic acids is 1. The van der Waals surface area contributed by atoms with E-state index in [2.05, 4.69) is 11.5 Å². The third-order valence-electron chi connectivity index (χ3n) is 4.16. The van der Waals surface area contributed by atoms with E-state index in [0.29, 0.717) is 6.54 Å². The van der Waals surface area contributed by atoms with Crippen molar-refractivity contribution in [2.24, 2.45) is 5.73 Å². The minimum absolute atomic E-state index is 0.110. The Kier molecular flexibility index (Phi) is 4.62. The highest BCUT2D eigenvalue weighted by atomic mass is 16.4. The predicted molar refractivity (Wildman–Crippen MR) is 94.1 cm³/mol. The Balaban J connectivity index is 2.00. The van der Waals surface area contributed by atoms with Gasteiger partial charge in [0.15, 0.2) is 0 Å². The van der Waals surface area contributed by atoms with E-state index in [1.54, 1.807) is 12.1 Å². The molecule has 5 heteroatoms. The molecule has 3 N–H and O–H groups in total. The molecule has 124 valence electrons. The number of rotatable bonds is 6. The predicted octanol–water partition coefficient (Wildman–Crippen LogP) is 3.58. The fraction of sp³-hybridized carbons (Fsp3) is 0.263. The highest BCUT2D eigenvalue weighted by Gasteiger charge is 2.16. The van der Waals surface area contributed by atoms with Crippen LogP contribution in [0.15, 0.2) is 48.5 Å². The minimum atomic E-state index is -0.916. The third kappa shape index (κ3) is 3.16. The SMILES string of the molecule is CCCC(N)c1nc2ccccc2n1Cc1ccc(C(=O)O)cc1. The molecule has 24 heavy (non-hydrogen) atoms. The Hall–Kier alpha value is -2.66. The Bertz CT molecular complexity index is 853. The van der Waals surface area contributed by atoms with E-state index in [-0.39, 0.29) is 11.6 Å². The van der Waals surface area contributed by atoms with Gasteiger partial charge in [-0.3, -0.25) is 0 Å². The van der Waals surface area contributed by atoms with E-state index in [1.807, 2.05) is 36.4 Å². The largest absolute Gasteiger partial charge is 0.478 e. The van der Waals surface area contributed by atoms with Gasteiger partial charge in [0.25, 0.3) is 0 Å². The van der Waals surface area contributed by atoms with E-state index in [1.165, 1.54) is 0 Å². The third-order valence-corrected chi connectivity index (χ3v) is 4.16. The van der Waals surface area contributed by atoms with Crippen LogP contribution in [0.1, 0.15) is 47.6 Å². The molecule has 5 nitrogen and oxygen atoms in total. The fourth-order valence-electron chi connectivity index (χ4n) is 2.92. The van der Waals surface area contributed by atoms with Crippen LogP contribution in [0.25, 0.3) is 11.0 Å². The second-order valence-corrected chi connectivity index (χ2v) is 5.94. The summed E-state index contributed by atoms with van der Waals surface area (Å²) < 4.78 is 2.13. The van der Waals surface area contributed by atoms with Crippen LogP contribution < -0.4 is 5.73 Å². The number of aromatic carboxylic acids is 1. The van der Waals surface area contributed by atoms with Gasteiger partial charge in [0.1, 0.15) is 5.82 Å². The van der Waals surface area contributed by atoms with E-state index in [9.17, 15) is 4.79 Å². The van der Waals surface area contributed by atoms with Crippen LogP contribution in [0.3, 0.4) is 0 Å². The number of fused-ring (bicyclic) bond motifs is 1. The van der Waals surface area contributed by atoms with Gasteiger partial charge >= 0.3 is 5.97 Å². The number of hydrogen-bond donors (Lipinski definition) is 2. The molecule has 3 rings (SSSR count). The zero-order chi connectivity index (χ0) is 17.1. The van der Waals surface area contributed by atoms with Gasteiger partial charge in [-0.1, -0.05) is 37.6 Å². The van der Waals surface area contributed by atoms with Crippen LogP contribution in [0, 0.1) is 0 Å². The molecule has 2 aromatic carbocycles. The molecular weight excluding hydrogens is 302 g/mol. The quantitative estimate of drug-likeness (QED) is 0.726. The van der Waals surface area contributed by atoms with Crippen LogP contribution in [-0.2, 0) is 6.54 Å². The van der Waals surface area contributed by atoms with Gasteiger partial charge in [0.05, 0.1) is 22.6 Å². The number of carboxylic acid groups (broad SMARTS) is 1. The van der Waals surface area contributed by atoms with Gasteiger partial charge in [-0.05, 0) is 36.2 Å². The average Bonchev–Trinajstić information content (AvgIpc) is 2.94. The molecule has 0 saturated carbocycles. The molecule has 1 heterocycles. The van der Waals surface area contributed by atoms with Crippen molar-refractivity contribution in [3.05, 3.63) is 65.5 Å². The monoisotopic (exact) mass is 323 g/mol. The van der Waals surface area contributed by atoms with Crippen molar-refractivity contribution in [2.45, 2.75) is 32.4 Å². The molecular formula is C19H21N3O2. The highest BCUT2D eigenvalue weighted by Crippen LogP contribution is 2.23. The minimum Gasteiger partial charge on any atom is -0.478 e. The lowest BCUT2D eigenvalue weighted by Crippen LogP contribution is -2.17. The van der Waals surface area contributed by atoms with Crippen molar-refractivity contribution in [1.82, 2.24) is 9.55 Å². The van der Waals surface area contributed by atoms with Gasteiger partial charge < -0.3 is 15.4 Å². The molecule has 0 saturated heterocycles. The number of carbonyl (C=O) groups is 1. The Morgan fingerprint density at radius 2 is 1.92 bits per heavy atom. The maximum Gasteiger partial charge on any atom is 0.335 e. The smallest absolute Gasteiger partial charge is 0.335 e. The van der Waals surface area contributed by atoms with Crippen molar-refractivity contribution in [2.75, 3.05) is 0 Å². The Morgan fingerprint density at radius 3 is 2.58 bits per heavy atom. The lowest BCUT2D eigenvalue weighted by Gasteiger charge is -2.14. The van der Waals surface area contributed by atoms with Gasteiger partial charge in [0, 0.05) is 6.54 Å². The number of aromatic nitrogens is 2. The summed E-state index contributed by atoms with van der Waals surface area (Å²) in [6.07, 6.45) is 1.87. The summed E-state index contributed by atoms with van der Waals surface area (Å²) in [5.74, 6) is -0.0411. The summed E-state index contributed by atoms with van der Waals surface area (Å²) in [6.45, 7) is 2.73. The van der Waals surface area contributed by atoms with Gasteiger partial charge in [-0.2, -0.15) is 0 Å². The number of hydrogen-bond acceptors (Lipinski definition) is 3. The second kappa shape index (κ2) is 6.84. The van der Waals surface area contributed by atoms with Crippen molar-refractivity contribution >= 4 is 17.0 Å². The lowest BCUT2D eigenvalue weighted by atomic mass is 10.1. The maximum atomic E-state index is 11.0. The van der Waals surface area contributed by atoms with E-state index < -0.39 is 5.97 Å². The van der Waals surface area contributed by atoms with Crippen LogP contribution in [0.5, 0.6) is 0 Å². The zero-order valence-electron chi connectivity index (χ0n) is 13.6. The summed E-state index contributed by atoms with van der Waals surface area (Å²) in [6, 6.07) is 14.8. The molecule has 3 aromatic rings. The molecule has 0 radical (unpaired) electrons. The van der Waals surface area contributed by atoms with Crippen molar-refractivity contribution in [1.29, 1.82) is 0 Å². The lowest BCUT2D eigenvalue weighted by molar-refractivity contribution is 0.0697. The standard InChI is InChI=1S/C19H21N3O2/c1-2-5-15(20)18-21-16-6-3-4-7-17(16)22(18)12-13-8-10-14(11-9-13)19(23)24/h3-4,6-11,15H,2,5,12,20H2,1H3,(H,23,24). The summed E-state index contributed by atoms with van der Waals surface area (Å²) in [4.78, 5) is 15.7. The summed E-state index contributed by atoms with van der Waals surface area (Å²) in [5, 5.41) is 9.02. The fourth-order valence-corrected chi connectivity index (χ4v) is 2.92. The van der Waals surface area contributed by atoms with Crippen molar-refractivity contribution in [3.8, 4) is 0 Å². The molecule has 1 atom stereocenters. The zero-order valence-corrected chi connectivity index (χ0v) is 13.6. The van der Waals surface area contributed by atoms with Gasteiger partial charge in [-0.25, -0.2) is 9.78 Å². The molecule has 1 aromatic heterocycles. The van der Waals surface area contributed by atoms with Crippen molar-refractivity contribution in [3.63, 3.8) is 0 Å². The first-order chi connectivity index (χ1) is 11.6. The van der Waals surface area contributed by atoms with Gasteiger partial charge in [-0.15, -0.1) is 0 Å². The normalized spacial score (nSPS) is 12.4. The average molecular weight is 323 g/mol. The first-order valence-electron chi connectivity index (χ1n) is 8.13. The van der Waals surface area contributed by atoms with Gasteiger partial charge in [0.2, 0.25) is 0 Å². The first-order valence-corrected chi connectivity index (χ1v) is 8.13. The van der Waals surface area contributed by atoms with E-state index >= 15 is 0 Å². The number of nitrogens with zero attached hydrogens (tertiary/aromatic N) is 2. The number of imidazole rings is 1. The summed E-state index contributed by atoms with van der Waals surface area (Å²) >= 11 is 0. The molecule has 0 fully saturated rings. The summed E-state index contributed by atoms with van der Waals surface area (Å²) in [7, 11) is 0. The molecule has 1 unspecified atom stereocenters.